The molecule has 9 heteroatoms. The van der Waals surface area contributed by atoms with Crippen molar-refractivity contribution in [2.75, 3.05) is 7.11 Å². The smallest absolute Gasteiger partial charge is 0.270 e. The third-order valence-corrected chi connectivity index (χ3v) is 4.81. The summed E-state index contributed by atoms with van der Waals surface area (Å²) in [5.74, 6) is -0.314. The van der Waals surface area contributed by atoms with Crippen LogP contribution in [0, 0.1) is 0 Å². The molecule has 0 unspecified atom stereocenters. The summed E-state index contributed by atoms with van der Waals surface area (Å²) in [5.41, 5.74) is 2.40. The maximum absolute atomic E-state index is 12.5. The molecule has 0 aliphatic carbocycles. The fraction of sp³-hybridized carbons (Fsp3) is 0.240. The van der Waals surface area contributed by atoms with Gasteiger partial charge >= 0.3 is 0 Å². The number of carbonyl (C=O) groups is 3. The Bertz CT molecular complexity index is 1160. The van der Waals surface area contributed by atoms with Gasteiger partial charge in [0.2, 0.25) is 0 Å². The Balaban J connectivity index is 1.55. The molecular weight excluding hydrogens is 434 g/mol. The summed E-state index contributed by atoms with van der Waals surface area (Å²) < 4.78 is 5.18. The number of hydrogen-bond donors (Lipinski definition) is 3. The van der Waals surface area contributed by atoms with Crippen LogP contribution < -0.4 is 20.7 Å². The molecule has 3 rings (SSSR count). The second-order valence-electron chi connectivity index (χ2n) is 7.83. The minimum absolute atomic E-state index is 0.0492. The molecule has 0 aliphatic heterocycles. The number of nitrogens with zero attached hydrogens (tertiary/aromatic N) is 2. The fourth-order valence-electron chi connectivity index (χ4n) is 3.05. The highest BCUT2D eigenvalue weighted by Gasteiger charge is 2.14. The summed E-state index contributed by atoms with van der Waals surface area (Å²) in [7, 11) is 1.58. The molecule has 0 radical (unpaired) electrons. The molecule has 3 amide bonds. The van der Waals surface area contributed by atoms with E-state index in [1.807, 2.05) is 38.1 Å². The SMILES string of the molecule is COc1cccc(CNC(=O)c2cc(C(=O)NCc3ccc(C(=O)NC(C)C)cc3)ncn2)c1. The zero-order chi connectivity index (χ0) is 24.5. The van der Waals surface area contributed by atoms with Gasteiger partial charge in [0.1, 0.15) is 23.5 Å². The molecule has 0 saturated carbocycles. The van der Waals surface area contributed by atoms with Crippen LogP contribution in [0.2, 0.25) is 0 Å². The van der Waals surface area contributed by atoms with E-state index < -0.39 is 11.8 Å². The standard InChI is InChI=1S/C25H27N5O4/c1-16(2)30-23(31)19-9-7-17(8-10-19)13-26-24(32)21-12-22(29-15-28-21)25(33)27-14-18-5-4-6-20(11-18)34-3/h4-12,15-16H,13-14H2,1-3H3,(H,26,32)(H,27,33)(H,30,31). The zero-order valence-corrected chi connectivity index (χ0v) is 19.3. The largest absolute Gasteiger partial charge is 0.497 e. The molecule has 1 aromatic heterocycles. The molecule has 0 bridgehead atoms. The van der Waals surface area contributed by atoms with E-state index in [9.17, 15) is 14.4 Å². The maximum Gasteiger partial charge on any atom is 0.270 e. The van der Waals surface area contributed by atoms with Gasteiger partial charge < -0.3 is 20.7 Å². The average molecular weight is 462 g/mol. The van der Waals surface area contributed by atoms with E-state index in [0.717, 1.165) is 11.1 Å². The predicted molar refractivity (Wildman–Crippen MR) is 126 cm³/mol. The monoisotopic (exact) mass is 461 g/mol. The molecule has 9 nitrogen and oxygen atoms in total. The van der Waals surface area contributed by atoms with E-state index in [-0.39, 0.29) is 36.4 Å². The predicted octanol–water partition coefficient (Wildman–Crippen LogP) is 2.48. The van der Waals surface area contributed by atoms with Crippen molar-refractivity contribution in [1.82, 2.24) is 25.9 Å². The number of methoxy groups -OCH3 is 1. The van der Waals surface area contributed by atoms with E-state index in [1.54, 1.807) is 31.4 Å². The van der Waals surface area contributed by atoms with Crippen LogP contribution >= 0.6 is 0 Å². The molecule has 1 heterocycles. The molecule has 0 aliphatic rings. The van der Waals surface area contributed by atoms with Gasteiger partial charge in [0.15, 0.2) is 0 Å². The van der Waals surface area contributed by atoms with Gasteiger partial charge in [0.05, 0.1) is 7.11 Å². The number of amides is 3. The summed E-state index contributed by atoms with van der Waals surface area (Å²) in [6, 6.07) is 15.7. The van der Waals surface area contributed by atoms with Crippen LogP contribution in [-0.2, 0) is 13.1 Å². The molecule has 2 aromatic carbocycles. The van der Waals surface area contributed by atoms with Gasteiger partial charge in [-0.2, -0.15) is 0 Å². The number of aromatic nitrogens is 2. The molecule has 176 valence electrons. The topological polar surface area (TPSA) is 122 Å². The van der Waals surface area contributed by atoms with Crippen molar-refractivity contribution in [1.29, 1.82) is 0 Å². The van der Waals surface area contributed by atoms with Gasteiger partial charge in [-0.25, -0.2) is 9.97 Å². The van der Waals surface area contributed by atoms with Crippen molar-refractivity contribution in [2.24, 2.45) is 0 Å². The molecule has 3 aromatic rings. The molecular formula is C25H27N5O4. The minimum Gasteiger partial charge on any atom is -0.497 e. The highest BCUT2D eigenvalue weighted by atomic mass is 16.5. The lowest BCUT2D eigenvalue weighted by atomic mass is 10.1. The van der Waals surface area contributed by atoms with Crippen molar-refractivity contribution >= 4 is 17.7 Å². The summed E-state index contributed by atoms with van der Waals surface area (Å²) >= 11 is 0. The Morgan fingerprint density at radius 2 is 1.44 bits per heavy atom. The Morgan fingerprint density at radius 1 is 0.824 bits per heavy atom. The number of hydrogen-bond acceptors (Lipinski definition) is 6. The van der Waals surface area contributed by atoms with Crippen LogP contribution in [0.25, 0.3) is 0 Å². The van der Waals surface area contributed by atoms with Crippen LogP contribution in [0.1, 0.15) is 56.3 Å². The van der Waals surface area contributed by atoms with Gasteiger partial charge in [-0.1, -0.05) is 24.3 Å². The Morgan fingerprint density at radius 3 is 2.03 bits per heavy atom. The number of nitrogens with one attached hydrogen (secondary N) is 3. The second kappa shape index (κ2) is 11.6. The first-order valence-electron chi connectivity index (χ1n) is 10.8. The van der Waals surface area contributed by atoms with Crippen molar-refractivity contribution < 1.29 is 19.1 Å². The van der Waals surface area contributed by atoms with Crippen LogP contribution in [0.4, 0.5) is 0 Å². The third-order valence-electron chi connectivity index (χ3n) is 4.81. The summed E-state index contributed by atoms with van der Waals surface area (Å²) in [4.78, 5) is 45.0. The van der Waals surface area contributed by atoms with E-state index in [0.29, 0.717) is 11.3 Å². The van der Waals surface area contributed by atoms with Gasteiger partial charge in [0.25, 0.3) is 17.7 Å². The fourth-order valence-corrected chi connectivity index (χ4v) is 3.05. The van der Waals surface area contributed by atoms with Gasteiger partial charge in [-0.3, -0.25) is 14.4 Å². The van der Waals surface area contributed by atoms with Crippen molar-refractivity contribution in [3.05, 3.63) is 89.0 Å². The lowest BCUT2D eigenvalue weighted by Crippen LogP contribution is -2.30. The van der Waals surface area contributed by atoms with E-state index in [1.165, 1.54) is 12.4 Å². The van der Waals surface area contributed by atoms with E-state index in [4.69, 9.17) is 4.74 Å². The maximum atomic E-state index is 12.5. The van der Waals surface area contributed by atoms with Crippen molar-refractivity contribution in [2.45, 2.75) is 33.0 Å². The summed E-state index contributed by atoms with van der Waals surface area (Å²) in [6.45, 7) is 4.31. The number of ether oxygens (including phenoxy) is 1. The van der Waals surface area contributed by atoms with Gasteiger partial charge in [-0.05, 0) is 49.2 Å². The Labute approximate surface area is 198 Å². The van der Waals surface area contributed by atoms with Crippen LogP contribution in [0.3, 0.4) is 0 Å². The third kappa shape index (κ3) is 6.86. The van der Waals surface area contributed by atoms with Gasteiger partial charge in [0, 0.05) is 30.8 Å². The zero-order valence-electron chi connectivity index (χ0n) is 19.3. The number of carbonyl (C=O) groups excluding carboxylic acids is 3. The van der Waals surface area contributed by atoms with Crippen molar-refractivity contribution in [3.8, 4) is 5.75 Å². The summed E-state index contributed by atoms with van der Waals surface area (Å²) in [6.07, 6.45) is 1.18. The molecule has 0 atom stereocenters. The average Bonchev–Trinajstić information content (AvgIpc) is 2.86. The quantitative estimate of drug-likeness (QED) is 0.450. The molecule has 34 heavy (non-hydrogen) atoms. The Hall–Kier alpha value is -4.27. The normalized spacial score (nSPS) is 10.5. The van der Waals surface area contributed by atoms with Crippen molar-refractivity contribution in [3.63, 3.8) is 0 Å². The van der Waals surface area contributed by atoms with Crippen LogP contribution in [0.15, 0.2) is 60.9 Å². The molecule has 0 spiro atoms. The first-order valence-corrected chi connectivity index (χ1v) is 10.8. The lowest BCUT2D eigenvalue weighted by Gasteiger charge is -2.09. The summed E-state index contributed by atoms with van der Waals surface area (Å²) in [5, 5.41) is 8.35. The van der Waals surface area contributed by atoms with E-state index >= 15 is 0 Å². The van der Waals surface area contributed by atoms with Crippen LogP contribution in [0.5, 0.6) is 5.75 Å². The first kappa shape index (κ1) is 24.4. The highest BCUT2D eigenvalue weighted by Crippen LogP contribution is 2.12. The molecule has 0 saturated heterocycles. The first-order chi connectivity index (χ1) is 16.4. The van der Waals surface area contributed by atoms with Gasteiger partial charge in [-0.15, -0.1) is 0 Å². The number of rotatable bonds is 9. The molecule has 3 N–H and O–H groups in total. The molecule has 0 fully saturated rings. The lowest BCUT2D eigenvalue weighted by molar-refractivity contribution is 0.0931. The van der Waals surface area contributed by atoms with Crippen LogP contribution in [-0.4, -0.2) is 40.8 Å². The minimum atomic E-state index is -0.439. The van der Waals surface area contributed by atoms with E-state index in [2.05, 4.69) is 25.9 Å². The number of benzene rings is 2. The Kier molecular flexibility index (Phi) is 8.28. The second-order valence-corrected chi connectivity index (χ2v) is 7.83. The highest BCUT2D eigenvalue weighted by molar-refractivity contribution is 5.97.